The summed E-state index contributed by atoms with van der Waals surface area (Å²) < 4.78 is 17.3. The zero-order chi connectivity index (χ0) is 14.7. The molecule has 0 amide bonds. The molecule has 0 fully saturated rings. The van der Waals surface area contributed by atoms with Gasteiger partial charge in [0, 0.05) is 37.4 Å². The number of nitrogens with one attached hydrogen (secondary N) is 1. The van der Waals surface area contributed by atoms with E-state index in [-0.39, 0.29) is 18.4 Å². The molecule has 0 unspecified atom stereocenters. The van der Waals surface area contributed by atoms with E-state index in [1.165, 1.54) is 4.68 Å². The van der Waals surface area contributed by atoms with Crippen LogP contribution in [0, 0.1) is 12.9 Å². The number of aryl methyl sites for hydroxylation is 2. The minimum Gasteiger partial charge on any atom is -0.307 e. The summed E-state index contributed by atoms with van der Waals surface area (Å²) in [6.45, 7) is 9.52. The molecule has 118 valence electrons. The molecule has 0 bridgehead atoms. The van der Waals surface area contributed by atoms with Crippen LogP contribution in [-0.4, -0.2) is 19.6 Å². The van der Waals surface area contributed by atoms with E-state index in [1.54, 1.807) is 0 Å². The third-order valence-electron chi connectivity index (χ3n) is 3.28. The van der Waals surface area contributed by atoms with Crippen molar-refractivity contribution < 1.29 is 4.39 Å². The minimum absolute atomic E-state index is 0. The Morgan fingerprint density at radius 3 is 2.52 bits per heavy atom. The van der Waals surface area contributed by atoms with Gasteiger partial charge in [-0.15, -0.1) is 12.4 Å². The Kier molecular flexibility index (Phi) is 6.36. The third kappa shape index (κ3) is 4.04. The Balaban J connectivity index is 0.00000220. The lowest BCUT2D eigenvalue weighted by atomic mass is 10.2. The van der Waals surface area contributed by atoms with Crippen molar-refractivity contribution in [1.29, 1.82) is 0 Å². The fraction of sp³-hybridized carbons (Fsp3) is 0.571. The van der Waals surface area contributed by atoms with Crippen LogP contribution >= 0.6 is 12.4 Å². The van der Waals surface area contributed by atoms with E-state index in [1.807, 2.05) is 30.8 Å². The van der Waals surface area contributed by atoms with Crippen molar-refractivity contribution in [2.75, 3.05) is 0 Å². The Morgan fingerprint density at radius 1 is 1.29 bits per heavy atom. The molecule has 0 aromatic carbocycles. The second-order valence-electron chi connectivity index (χ2n) is 5.15. The highest BCUT2D eigenvalue weighted by Gasteiger charge is 2.13. The van der Waals surface area contributed by atoms with Gasteiger partial charge in [-0.2, -0.15) is 14.6 Å². The van der Waals surface area contributed by atoms with Crippen LogP contribution in [0.3, 0.4) is 0 Å². The quantitative estimate of drug-likeness (QED) is 0.891. The van der Waals surface area contributed by atoms with Crippen LogP contribution in [0.1, 0.15) is 43.8 Å². The van der Waals surface area contributed by atoms with Crippen LogP contribution in [0.25, 0.3) is 0 Å². The highest BCUT2D eigenvalue weighted by molar-refractivity contribution is 5.85. The molecule has 0 aliphatic rings. The molecule has 0 spiro atoms. The molecule has 2 aromatic heterocycles. The maximum Gasteiger partial charge on any atom is 0.216 e. The van der Waals surface area contributed by atoms with E-state index in [0.29, 0.717) is 31.2 Å². The first-order chi connectivity index (χ1) is 9.52. The third-order valence-corrected chi connectivity index (χ3v) is 3.28. The van der Waals surface area contributed by atoms with E-state index in [0.717, 1.165) is 11.4 Å². The summed E-state index contributed by atoms with van der Waals surface area (Å²) in [4.78, 5) is 0. The van der Waals surface area contributed by atoms with Gasteiger partial charge in [0.2, 0.25) is 5.95 Å². The largest absolute Gasteiger partial charge is 0.307 e. The molecule has 21 heavy (non-hydrogen) atoms. The van der Waals surface area contributed by atoms with Gasteiger partial charge >= 0.3 is 0 Å². The molecule has 0 saturated heterocycles. The lowest BCUT2D eigenvalue weighted by Crippen LogP contribution is -2.15. The van der Waals surface area contributed by atoms with E-state index >= 15 is 0 Å². The predicted molar refractivity (Wildman–Crippen MR) is 83.0 cm³/mol. The van der Waals surface area contributed by atoms with Gasteiger partial charge in [0.05, 0.1) is 11.4 Å². The van der Waals surface area contributed by atoms with Gasteiger partial charge in [0.1, 0.15) is 0 Å². The molecule has 7 heteroatoms. The van der Waals surface area contributed by atoms with Crippen LogP contribution in [0.5, 0.6) is 0 Å². The van der Waals surface area contributed by atoms with Crippen LogP contribution in [0.4, 0.5) is 4.39 Å². The van der Waals surface area contributed by atoms with Gasteiger partial charge < -0.3 is 5.32 Å². The average molecular weight is 316 g/mol. The zero-order valence-electron chi connectivity index (χ0n) is 12.9. The van der Waals surface area contributed by atoms with Crippen molar-refractivity contribution in [3.8, 4) is 0 Å². The van der Waals surface area contributed by atoms with Crippen LogP contribution in [0.15, 0.2) is 12.3 Å². The highest BCUT2D eigenvalue weighted by Crippen LogP contribution is 2.12. The van der Waals surface area contributed by atoms with Crippen molar-refractivity contribution in [3.63, 3.8) is 0 Å². The zero-order valence-corrected chi connectivity index (χ0v) is 13.7. The summed E-state index contributed by atoms with van der Waals surface area (Å²) in [5.74, 6) is -0.245. The maximum absolute atomic E-state index is 14.0. The van der Waals surface area contributed by atoms with Gasteiger partial charge in [-0.1, -0.05) is 0 Å². The minimum atomic E-state index is -0.245. The summed E-state index contributed by atoms with van der Waals surface area (Å²) >= 11 is 0. The molecule has 5 nitrogen and oxygen atoms in total. The Hall–Kier alpha value is -1.40. The maximum atomic E-state index is 14.0. The van der Waals surface area contributed by atoms with Gasteiger partial charge in [-0.05, 0) is 33.8 Å². The average Bonchev–Trinajstić information content (AvgIpc) is 2.98. The summed E-state index contributed by atoms with van der Waals surface area (Å²) in [7, 11) is 0. The number of hydrogen-bond donors (Lipinski definition) is 1. The van der Waals surface area contributed by atoms with E-state index < -0.39 is 0 Å². The van der Waals surface area contributed by atoms with Gasteiger partial charge in [-0.25, -0.2) is 4.68 Å². The number of aromatic nitrogens is 4. The summed E-state index contributed by atoms with van der Waals surface area (Å²) in [6.07, 6.45) is 1.96. The molecule has 0 atom stereocenters. The van der Waals surface area contributed by atoms with Crippen LogP contribution in [0.2, 0.25) is 0 Å². The van der Waals surface area contributed by atoms with Crippen molar-refractivity contribution in [2.45, 2.75) is 53.4 Å². The van der Waals surface area contributed by atoms with Crippen molar-refractivity contribution in [3.05, 3.63) is 35.2 Å². The first kappa shape index (κ1) is 17.7. The van der Waals surface area contributed by atoms with Crippen LogP contribution in [-0.2, 0) is 19.6 Å². The van der Waals surface area contributed by atoms with Crippen molar-refractivity contribution >= 4 is 12.4 Å². The summed E-state index contributed by atoms with van der Waals surface area (Å²) in [5, 5.41) is 11.8. The van der Waals surface area contributed by atoms with Gasteiger partial charge in [0.15, 0.2) is 0 Å². The number of hydrogen-bond acceptors (Lipinski definition) is 3. The second-order valence-corrected chi connectivity index (χ2v) is 5.15. The molecule has 2 rings (SSSR count). The molecular formula is C14H23ClFN5. The molecule has 0 radical (unpaired) electrons. The Labute approximate surface area is 130 Å². The van der Waals surface area contributed by atoms with Gasteiger partial charge in [0.25, 0.3) is 0 Å². The Bertz CT molecular complexity index is 576. The first-order valence-corrected chi connectivity index (χ1v) is 6.99. The first-order valence-electron chi connectivity index (χ1n) is 6.99. The van der Waals surface area contributed by atoms with Crippen LogP contribution < -0.4 is 5.32 Å². The fourth-order valence-electron chi connectivity index (χ4n) is 2.08. The molecule has 1 N–H and O–H groups in total. The monoisotopic (exact) mass is 315 g/mol. The van der Waals surface area contributed by atoms with E-state index in [2.05, 4.69) is 29.4 Å². The predicted octanol–water partition coefficient (Wildman–Crippen LogP) is 2.84. The lowest BCUT2D eigenvalue weighted by molar-refractivity contribution is 0.459. The standard InChI is InChI=1S/C14H22FN5.ClH/c1-5-19-14(15)13(11(4)17-19)9-16-8-12-6-7-20(18-12)10(2)3;/h6-7,10,16H,5,8-9H2,1-4H3;1H. The van der Waals surface area contributed by atoms with Gasteiger partial charge in [-0.3, -0.25) is 4.68 Å². The van der Waals surface area contributed by atoms with Crippen molar-refractivity contribution in [2.24, 2.45) is 0 Å². The topological polar surface area (TPSA) is 47.7 Å². The number of nitrogens with zero attached hydrogens (tertiary/aromatic N) is 4. The molecule has 0 saturated carbocycles. The molecule has 0 aliphatic heterocycles. The lowest BCUT2D eigenvalue weighted by Gasteiger charge is -2.05. The smallest absolute Gasteiger partial charge is 0.216 e. The number of halogens is 2. The Morgan fingerprint density at radius 2 is 2.00 bits per heavy atom. The highest BCUT2D eigenvalue weighted by atomic mass is 35.5. The summed E-state index contributed by atoms with van der Waals surface area (Å²) in [6, 6.07) is 2.33. The molecule has 0 aliphatic carbocycles. The number of rotatable bonds is 6. The normalized spacial score (nSPS) is 11.0. The fourth-order valence-corrected chi connectivity index (χ4v) is 2.08. The molecular weight excluding hydrogens is 293 g/mol. The molecule has 2 aromatic rings. The summed E-state index contributed by atoms with van der Waals surface area (Å²) in [5.41, 5.74) is 2.33. The SMILES string of the molecule is CCn1nc(C)c(CNCc2ccn(C(C)C)n2)c1F.Cl. The second kappa shape index (κ2) is 7.56. The molecule has 2 heterocycles. The van der Waals surface area contributed by atoms with Crippen molar-refractivity contribution in [1.82, 2.24) is 24.9 Å². The van der Waals surface area contributed by atoms with E-state index in [9.17, 15) is 4.39 Å². The van der Waals surface area contributed by atoms with E-state index in [4.69, 9.17) is 0 Å².